The molecule has 0 radical (unpaired) electrons. The lowest BCUT2D eigenvalue weighted by Crippen LogP contribution is -2.12. The average molecular weight is 292 g/mol. The molecule has 1 nitrogen and oxygen atoms in total. The molecule has 0 aromatic carbocycles. The van der Waals surface area contributed by atoms with E-state index in [-0.39, 0.29) is 0 Å². The lowest BCUT2D eigenvalue weighted by molar-refractivity contribution is 0.371. The van der Waals surface area contributed by atoms with Gasteiger partial charge in [-0.15, -0.1) is 0 Å². The van der Waals surface area contributed by atoms with E-state index in [1.54, 1.807) is 5.54 Å². The topological polar surface area (TPSA) is 12.9 Å². The lowest BCUT2D eigenvalue weighted by atomic mass is 9.80. The van der Waals surface area contributed by atoms with Gasteiger partial charge >= 0.3 is 0 Å². The van der Waals surface area contributed by atoms with Gasteiger partial charge in [0.1, 0.15) is 0 Å². The van der Waals surface area contributed by atoms with Crippen LogP contribution in [-0.4, -0.2) is 4.98 Å². The minimum atomic E-state index is 0.652. The molecule has 0 spiro atoms. The van der Waals surface area contributed by atoms with E-state index in [1.807, 2.05) is 0 Å². The van der Waals surface area contributed by atoms with Crippen LogP contribution in [0.2, 0.25) is 0 Å². The molecular formula is C18H26ClN. The minimum Gasteiger partial charge on any atom is -0.261 e. The van der Waals surface area contributed by atoms with Crippen LogP contribution in [0.25, 0.3) is 0 Å². The summed E-state index contributed by atoms with van der Waals surface area (Å²) in [5, 5.41) is 0. The summed E-state index contributed by atoms with van der Waals surface area (Å²) in [6.45, 7) is 2.25. The first kappa shape index (κ1) is 15.6. The van der Waals surface area contributed by atoms with Crippen molar-refractivity contribution in [3.8, 4) is 0 Å². The molecule has 1 fully saturated rings. The van der Waals surface area contributed by atoms with Crippen LogP contribution in [0.5, 0.6) is 0 Å². The van der Waals surface area contributed by atoms with Gasteiger partial charge < -0.3 is 0 Å². The molecule has 1 aromatic heterocycles. The number of aromatic nitrogens is 1. The molecule has 0 aliphatic heterocycles. The maximum absolute atomic E-state index is 5.66. The maximum Gasteiger partial charge on any atom is 0.0434 e. The summed E-state index contributed by atoms with van der Waals surface area (Å²) in [4.78, 5) is 4.71. The fourth-order valence-corrected chi connectivity index (χ4v) is 3.32. The second-order valence-electron chi connectivity index (χ2n) is 5.98. The van der Waals surface area contributed by atoms with Gasteiger partial charge in [0.2, 0.25) is 0 Å². The molecule has 110 valence electrons. The Hall–Kier alpha value is -0.820. The molecule has 0 atom stereocenters. The molecule has 1 heterocycles. The van der Waals surface area contributed by atoms with Crippen molar-refractivity contribution >= 4 is 11.6 Å². The number of aryl methyl sites for hydroxylation is 1. The SMILES string of the molecule is CCCCCc1ccc(C2CCC(/C=C/Cl)CC2)nc1. The highest BCUT2D eigenvalue weighted by molar-refractivity contribution is 6.25. The predicted octanol–water partition coefficient (Wildman–Crippen LogP) is 5.84. The van der Waals surface area contributed by atoms with E-state index in [0.29, 0.717) is 11.8 Å². The van der Waals surface area contributed by atoms with E-state index >= 15 is 0 Å². The van der Waals surface area contributed by atoms with E-state index < -0.39 is 0 Å². The van der Waals surface area contributed by atoms with Gasteiger partial charge in [0.25, 0.3) is 0 Å². The van der Waals surface area contributed by atoms with Gasteiger partial charge in [-0.3, -0.25) is 4.98 Å². The van der Waals surface area contributed by atoms with Crippen molar-refractivity contribution in [2.75, 3.05) is 0 Å². The number of pyridine rings is 1. The monoisotopic (exact) mass is 291 g/mol. The fraction of sp³-hybridized carbons (Fsp3) is 0.611. The quantitative estimate of drug-likeness (QED) is 0.600. The number of hydrogen-bond acceptors (Lipinski definition) is 1. The van der Waals surface area contributed by atoms with Gasteiger partial charge in [0.05, 0.1) is 0 Å². The predicted molar refractivity (Wildman–Crippen MR) is 87.2 cm³/mol. The van der Waals surface area contributed by atoms with E-state index in [4.69, 9.17) is 16.6 Å². The van der Waals surface area contributed by atoms with Gasteiger partial charge in [-0.1, -0.05) is 43.5 Å². The van der Waals surface area contributed by atoms with Crippen molar-refractivity contribution in [2.24, 2.45) is 5.92 Å². The third kappa shape index (κ3) is 4.63. The zero-order valence-electron chi connectivity index (χ0n) is 12.5. The zero-order valence-corrected chi connectivity index (χ0v) is 13.3. The minimum absolute atomic E-state index is 0.652. The number of hydrogen-bond donors (Lipinski definition) is 0. The summed E-state index contributed by atoms with van der Waals surface area (Å²) in [6, 6.07) is 4.53. The lowest BCUT2D eigenvalue weighted by Gasteiger charge is -2.26. The van der Waals surface area contributed by atoms with Crippen molar-refractivity contribution in [1.82, 2.24) is 4.98 Å². The summed E-state index contributed by atoms with van der Waals surface area (Å²) in [5.74, 6) is 1.33. The number of unbranched alkanes of at least 4 members (excludes halogenated alkanes) is 2. The van der Waals surface area contributed by atoms with Gasteiger partial charge in [-0.05, 0) is 56.1 Å². The average Bonchev–Trinajstić information content (AvgIpc) is 2.49. The fourth-order valence-electron chi connectivity index (χ4n) is 3.11. The first-order valence-electron chi connectivity index (χ1n) is 8.05. The molecule has 2 rings (SSSR count). The molecule has 1 aromatic rings. The highest BCUT2D eigenvalue weighted by atomic mass is 35.5. The van der Waals surface area contributed by atoms with Crippen molar-refractivity contribution in [3.63, 3.8) is 0 Å². The van der Waals surface area contributed by atoms with E-state index in [1.165, 1.54) is 62.6 Å². The van der Waals surface area contributed by atoms with Gasteiger partial charge in [0, 0.05) is 23.3 Å². The van der Waals surface area contributed by atoms with Gasteiger partial charge in [0.15, 0.2) is 0 Å². The van der Waals surface area contributed by atoms with Crippen LogP contribution >= 0.6 is 11.6 Å². The van der Waals surface area contributed by atoms with E-state index in [9.17, 15) is 0 Å². The van der Waals surface area contributed by atoms with Crippen LogP contribution in [0.4, 0.5) is 0 Å². The summed E-state index contributed by atoms with van der Waals surface area (Å²) in [7, 11) is 0. The van der Waals surface area contributed by atoms with Gasteiger partial charge in [-0.2, -0.15) is 0 Å². The molecule has 0 saturated heterocycles. The molecule has 20 heavy (non-hydrogen) atoms. The summed E-state index contributed by atoms with van der Waals surface area (Å²) < 4.78 is 0. The second kappa shape index (κ2) is 8.46. The maximum atomic E-state index is 5.66. The Bertz CT molecular complexity index is 402. The Morgan fingerprint density at radius 1 is 1.20 bits per heavy atom. The van der Waals surface area contributed by atoms with Crippen LogP contribution in [0.3, 0.4) is 0 Å². The van der Waals surface area contributed by atoms with Gasteiger partial charge in [-0.25, -0.2) is 0 Å². The Morgan fingerprint density at radius 3 is 2.60 bits per heavy atom. The van der Waals surface area contributed by atoms with Crippen molar-refractivity contribution in [2.45, 2.75) is 64.2 Å². The first-order valence-corrected chi connectivity index (χ1v) is 8.48. The van der Waals surface area contributed by atoms with Crippen molar-refractivity contribution < 1.29 is 0 Å². The normalized spacial score (nSPS) is 23.3. The van der Waals surface area contributed by atoms with Crippen LogP contribution in [0.15, 0.2) is 29.9 Å². The molecule has 0 N–H and O–H groups in total. The molecule has 1 aliphatic carbocycles. The highest BCUT2D eigenvalue weighted by Gasteiger charge is 2.21. The Kier molecular flexibility index (Phi) is 6.59. The zero-order chi connectivity index (χ0) is 14.2. The second-order valence-corrected chi connectivity index (χ2v) is 6.23. The van der Waals surface area contributed by atoms with Crippen LogP contribution in [0, 0.1) is 5.92 Å². The molecule has 0 bridgehead atoms. The summed E-state index contributed by atoms with van der Waals surface area (Å²) in [6.07, 6.45) is 14.3. The number of rotatable bonds is 6. The molecule has 0 amide bonds. The number of allylic oxidation sites excluding steroid dienone is 1. The number of nitrogens with zero attached hydrogens (tertiary/aromatic N) is 1. The molecule has 0 unspecified atom stereocenters. The first-order chi connectivity index (χ1) is 9.83. The van der Waals surface area contributed by atoms with Crippen LogP contribution in [-0.2, 0) is 6.42 Å². The Balaban J connectivity index is 1.84. The smallest absolute Gasteiger partial charge is 0.0434 e. The third-order valence-electron chi connectivity index (χ3n) is 4.45. The third-order valence-corrected chi connectivity index (χ3v) is 4.60. The summed E-state index contributed by atoms with van der Waals surface area (Å²) >= 11 is 5.66. The Labute approximate surface area is 128 Å². The highest BCUT2D eigenvalue weighted by Crippen LogP contribution is 2.35. The van der Waals surface area contributed by atoms with E-state index in [2.05, 4.69) is 31.3 Å². The standard InChI is InChI=1S/C18H26ClN/c1-2-3-4-5-16-8-11-18(20-14-16)17-9-6-15(7-10-17)12-13-19/h8,11-15,17H,2-7,9-10H2,1H3/b13-12+. The van der Waals surface area contributed by atoms with Crippen molar-refractivity contribution in [3.05, 3.63) is 41.2 Å². The largest absolute Gasteiger partial charge is 0.261 e. The van der Waals surface area contributed by atoms with Crippen LogP contribution in [0.1, 0.15) is 69.0 Å². The Morgan fingerprint density at radius 2 is 2.00 bits per heavy atom. The molecule has 1 saturated carbocycles. The van der Waals surface area contributed by atoms with Crippen molar-refractivity contribution in [1.29, 1.82) is 0 Å². The molecule has 2 heteroatoms. The molecule has 1 aliphatic rings. The van der Waals surface area contributed by atoms with Crippen LogP contribution < -0.4 is 0 Å². The van der Waals surface area contributed by atoms with E-state index in [0.717, 1.165) is 0 Å². The molecular weight excluding hydrogens is 266 g/mol. The summed E-state index contributed by atoms with van der Waals surface area (Å²) in [5.41, 5.74) is 4.35. The number of halogens is 1.